The number of anilines is 1. The summed E-state index contributed by atoms with van der Waals surface area (Å²) in [7, 11) is 0. The zero-order valence-electron chi connectivity index (χ0n) is 10.9. The maximum absolute atomic E-state index is 11.1. The second kappa shape index (κ2) is 5.00. The Morgan fingerprint density at radius 3 is 2.94 bits per heavy atom. The number of hydrogen-bond acceptors (Lipinski definition) is 4. The normalized spacial score (nSPS) is 23.6. The lowest BCUT2D eigenvalue weighted by Gasteiger charge is -2.14. The molecule has 1 aromatic heterocycles. The molecule has 3 rings (SSSR count). The van der Waals surface area contributed by atoms with E-state index in [4.69, 9.17) is 4.98 Å². The molecular weight excluding hydrogens is 244 g/mol. The molecule has 98 valence electrons. The van der Waals surface area contributed by atoms with Crippen LogP contribution < -0.4 is 4.90 Å². The summed E-state index contributed by atoms with van der Waals surface area (Å²) in [5.74, 6) is 1.40. The fourth-order valence-electron chi connectivity index (χ4n) is 2.85. The molecule has 18 heavy (non-hydrogen) atoms. The molecule has 2 aliphatic rings. The van der Waals surface area contributed by atoms with Crippen molar-refractivity contribution in [3.63, 3.8) is 0 Å². The molecule has 2 heterocycles. The van der Waals surface area contributed by atoms with Crippen LogP contribution >= 0.6 is 11.3 Å². The average Bonchev–Trinajstić information content (AvgIpc) is 2.96. The molecule has 0 spiro atoms. The van der Waals surface area contributed by atoms with Crippen LogP contribution in [0.15, 0.2) is 0 Å². The van der Waals surface area contributed by atoms with E-state index in [1.165, 1.54) is 32.1 Å². The quantitative estimate of drug-likeness (QED) is 0.764. The van der Waals surface area contributed by atoms with Gasteiger partial charge in [0.1, 0.15) is 0 Å². The van der Waals surface area contributed by atoms with E-state index in [-0.39, 0.29) is 0 Å². The van der Waals surface area contributed by atoms with E-state index >= 15 is 0 Å². The lowest BCUT2D eigenvalue weighted by molar-refractivity contribution is 0.112. The Hall–Kier alpha value is -0.900. The van der Waals surface area contributed by atoms with Gasteiger partial charge in [-0.2, -0.15) is 0 Å². The standard InChI is InChI=1S/C14H20N2OS/c1-2-3-10-6-7-16(8-10)14-15-13(11-4-5-11)12(9-17)18-14/h9-11H,2-8H2,1H3. The number of carbonyl (C=O) groups is 1. The number of aldehydes is 1. The van der Waals surface area contributed by atoms with Crippen LogP contribution in [-0.4, -0.2) is 24.4 Å². The predicted molar refractivity (Wildman–Crippen MR) is 74.7 cm³/mol. The predicted octanol–water partition coefficient (Wildman–Crippen LogP) is 3.46. The third kappa shape index (κ3) is 2.30. The fraction of sp³-hybridized carbons (Fsp3) is 0.714. The SMILES string of the molecule is CCCC1CCN(c2nc(C3CC3)c(C=O)s2)C1. The second-order valence-corrected chi connectivity index (χ2v) is 6.54. The van der Waals surface area contributed by atoms with Crippen LogP contribution in [0, 0.1) is 5.92 Å². The number of hydrogen-bond donors (Lipinski definition) is 0. The van der Waals surface area contributed by atoms with Crippen molar-refractivity contribution in [3.8, 4) is 0 Å². The molecule has 4 heteroatoms. The van der Waals surface area contributed by atoms with Crippen molar-refractivity contribution in [2.75, 3.05) is 18.0 Å². The Balaban J connectivity index is 1.74. The second-order valence-electron chi connectivity index (χ2n) is 5.53. The van der Waals surface area contributed by atoms with Gasteiger partial charge >= 0.3 is 0 Å². The van der Waals surface area contributed by atoms with Crippen LogP contribution in [-0.2, 0) is 0 Å². The Kier molecular flexibility index (Phi) is 3.37. The van der Waals surface area contributed by atoms with Gasteiger partial charge in [0.15, 0.2) is 11.4 Å². The average molecular weight is 264 g/mol. The molecule has 0 radical (unpaired) electrons. The Labute approximate surface area is 112 Å². The molecule has 3 nitrogen and oxygen atoms in total. The van der Waals surface area contributed by atoms with Crippen LogP contribution in [0.1, 0.15) is 60.3 Å². The van der Waals surface area contributed by atoms with Crippen molar-refractivity contribution in [2.24, 2.45) is 5.92 Å². The lowest BCUT2D eigenvalue weighted by Crippen LogP contribution is -2.19. The molecular formula is C14H20N2OS. The van der Waals surface area contributed by atoms with Crippen molar-refractivity contribution in [1.29, 1.82) is 0 Å². The Morgan fingerprint density at radius 1 is 1.44 bits per heavy atom. The van der Waals surface area contributed by atoms with Crippen LogP contribution in [0.5, 0.6) is 0 Å². The van der Waals surface area contributed by atoms with Crippen molar-refractivity contribution in [3.05, 3.63) is 10.6 Å². The van der Waals surface area contributed by atoms with Gasteiger partial charge in [0.25, 0.3) is 0 Å². The topological polar surface area (TPSA) is 33.2 Å². The van der Waals surface area contributed by atoms with E-state index in [0.29, 0.717) is 5.92 Å². The van der Waals surface area contributed by atoms with Crippen LogP contribution in [0.25, 0.3) is 0 Å². The first kappa shape index (κ1) is 12.2. The van der Waals surface area contributed by atoms with E-state index in [2.05, 4.69) is 11.8 Å². The number of thiazole rings is 1. The van der Waals surface area contributed by atoms with E-state index in [1.807, 2.05) is 0 Å². The first-order valence-corrected chi connectivity index (χ1v) is 7.84. The highest BCUT2D eigenvalue weighted by atomic mass is 32.1. The minimum absolute atomic E-state index is 0.573. The number of nitrogens with zero attached hydrogens (tertiary/aromatic N) is 2. The summed E-state index contributed by atoms with van der Waals surface area (Å²) in [5, 5.41) is 1.08. The van der Waals surface area contributed by atoms with E-state index in [0.717, 1.165) is 41.0 Å². The van der Waals surface area contributed by atoms with Gasteiger partial charge in [-0.3, -0.25) is 4.79 Å². The van der Waals surface area contributed by atoms with Gasteiger partial charge in [0, 0.05) is 19.0 Å². The molecule has 0 bridgehead atoms. The van der Waals surface area contributed by atoms with Gasteiger partial charge in [0.05, 0.1) is 10.6 Å². The van der Waals surface area contributed by atoms with Gasteiger partial charge in [-0.05, 0) is 31.6 Å². The summed E-state index contributed by atoms with van der Waals surface area (Å²) in [5.41, 5.74) is 1.07. The summed E-state index contributed by atoms with van der Waals surface area (Å²) in [6.45, 7) is 4.49. The maximum atomic E-state index is 11.1. The van der Waals surface area contributed by atoms with E-state index in [1.54, 1.807) is 11.3 Å². The van der Waals surface area contributed by atoms with Crippen molar-refractivity contribution in [2.45, 2.75) is 44.9 Å². The van der Waals surface area contributed by atoms with Gasteiger partial charge in [-0.15, -0.1) is 0 Å². The summed E-state index contributed by atoms with van der Waals surface area (Å²) in [6, 6.07) is 0. The summed E-state index contributed by atoms with van der Waals surface area (Å²) in [4.78, 5) is 19.1. The minimum atomic E-state index is 0.573. The van der Waals surface area contributed by atoms with Gasteiger partial charge in [0.2, 0.25) is 0 Å². The van der Waals surface area contributed by atoms with E-state index < -0.39 is 0 Å². The summed E-state index contributed by atoms with van der Waals surface area (Å²) >= 11 is 1.59. The Bertz CT molecular complexity index is 439. The number of rotatable bonds is 5. The number of aromatic nitrogens is 1. The largest absolute Gasteiger partial charge is 0.348 e. The molecule has 1 saturated heterocycles. The molecule has 0 N–H and O–H groups in total. The Morgan fingerprint density at radius 2 is 2.28 bits per heavy atom. The first-order valence-electron chi connectivity index (χ1n) is 7.02. The third-order valence-electron chi connectivity index (χ3n) is 3.99. The zero-order valence-corrected chi connectivity index (χ0v) is 11.7. The molecule has 1 aliphatic carbocycles. The van der Waals surface area contributed by atoms with Gasteiger partial charge in [-0.1, -0.05) is 24.7 Å². The van der Waals surface area contributed by atoms with E-state index in [9.17, 15) is 4.79 Å². The molecule has 1 unspecified atom stereocenters. The molecule has 1 atom stereocenters. The van der Waals surface area contributed by atoms with Crippen molar-refractivity contribution >= 4 is 22.8 Å². The van der Waals surface area contributed by atoms with Gasteiger partial charge in [-0.25, -0.2) is 4.98 Å². The van der Waals surface area contributed by atoms with Crippen LogP contribution in [0.3, 0.4) is 0 Å². The minimum Gasteiger partial charge on any atom is -0.348 e. The lowest BCUT2D eigenvalue weighted by atomic mass is 10.0. The van der Waals surface area contributed by atoms with Crippen LogP contribution in [0.2, 0.25) is 0 Å². The summed E-state index contributed by atoms with van der Waals surface area (Å²) in [6.07, 6.45) is 7.28. The zero-order chi connectivity index (χ0) is 12.5. The van der Waals surface area contributed by atoms with Crippen molar-refractivity contribution in [1.82, 2.24) is 4.98 Å². The monoisotopic (exact) mass is 264 g/mol. The fourth-order valence-corrected chi connectivity index (χ4v) is 3.85. The molecule has 1 saturated carbocycles. The summed E-state index contributed by atoms with van der Waals surface area (Å²) < 4.78 is 0. The van der Waals surface area contributed by atoms with Gasteiger partial charge < -0.3 is 4.90 Å². The highest BCUT2D eigenvalue weighted by Gasteiger charge is 2.31. The highest BCUT2D eigenvalue weighted by molar-refractivity contribution is 7.17. The smallest absolute Gasteiger partial charge is 0.186 e. The number of carbonyl (C=O) groups excluding carboxylic acids is 1. The molecule has 0 aromatic carbocycles. The molecule has 1 aliphatic heterocycles. The maximum Gasteiger partial charge on any atom is 0.186 e. The van der Waals surface area contributed by atoms with Crippen molar-refractivity contribution < 1.29 is 4.79 Å². The highest BCUT2D eigenvalue weighted by Crippen LogP contribution is 2.44. The molecule has 2 fully saturated rings. The third-order valence-corrected chi connectivity index (χ3v) is 5.05. The molecule has 0 amide bonds. The van der Waals surface area contributed by atoms with Crippen LogP contribution in [0.4, 0.5) is 5.13 Å². The molecule has 1 aromatic rings. The first-order chi connectivity index (χ1) is 8.81.